The zero-order valence-electron chi connectivity index (χ0n) is 12.9. The minimum absolute atomic E-state index is 0.117. The van der Waals surface area contributed by atoms with Crippen LogP contribution in [0.15, 0.2) is 64.8 Å². The van der Waals surface area contributed by atoms with Gasteiger partial charge in [-0.1, -0.05) is 24.3 Å². The van der Waals surface area contributed by atoms with Gasteiger partial charge in [0.2, 0.25) is 0 Å². The molecule has 0 unspecified atom stereocenters. The summed E-state index contributed by atoms with van der Waals surface area (Å²) in [7, 11) is 0. The molecule has 2 heterocycles. The second kappa shape index (κ2) is 7.15. The lowest BCUT2D eigenvalue weighted by Gasteiger charge is -2.22. The van der Waals surface area contributed by atoms with Gasteiger partial charge in [0.1, 0.15) is 0 Å². The molecular formula is C18H18N2O2S. The standard InChI is InChI=1S/C18H18N2O2S/c1-14-5-2-3-7-17(14)19-18(21)20(11-15-8-9-22-13-15)12-16-6-4-10-23-16/h2-10,13H,11-12H2,1H3,(H,19,21). The molecule has 3 rings (SSSR count). The van der Waals surface area contributed by atoms with Crippen molar-refractivity contribution >= 4 is 23.1 Å². The van der Waals surface area contributed by atoms with Crippen molar-refractivity contribution in [3.63, 3.8) is 0 Å². The normalized spacial score (nSPS) is 10.5. The number of nitrogens with one attached hydrogen (secondary N) is 1. The third kappa shape index (κ3) is 4.02. The second-order valence-corrected chi connectivity index (χ2v) is 6.34. The summed E-state index contributed by atoms with van der Waals surface area (Å²) >= 11 is 1.65. The molecule has 2 amide bonds. The number of hydrogen-bond donors (Lipinski definition) is 1. The minimum Gasteiger partial charge on any atom is -0.472 e. The predicted octanol–water partition coefficient (Wildman–Crippen LogP) is 4.88. The van der Waals surface area contributed by atoms with Gasteiger partial charge in [-0.25, -0.2) is 4.79 Å². The monoisotopic (exact) mass is 326 g/mol. The number of furan rings is 1. The van der Waals surface area contributed by atoms with E-state index < -0.39 is 0 Å². The van der Waals surface area contributed by atoms with Gasteiger partial charge in [0.15, 0.2) is 0 Å². The Morgan fingerprint density at radius 2 is 2.04 bits per heavy atom. The second-order valence-electron chi connectivity index (χ2n) is 5.31. The molecular weight excluding hydrogens is 308 g/mol. The number of benzene rings is 1. The Kier molecular flexibility index (Phi) is 4.78. The number of aryl methyl sites for hydroxylation is 1. The molecule has 0 saturated carbocycles. The highest BCUT2D eigenvalue weighted by molar-refractivity contribution is 7.09. The van der Waals surface area contributed by atoms with Crippen LogP contribution in [0.4, 0.5) is 10.5 Å². The van der Waals surface area contributed by atoms with E-state index in [1.807, 2.05) is 54.8 Å². The van der Waals surface area contributed by atoms with Crippen molar-refractivity contribution in [1.29, 1.82) is 0 Å². The predicted molar refractivity (Wildman–Crippen MR) is 92.5 cm³/mol. The first-order chi connectivity index (χ1) is 11.2. The molecule has 1 aromatic carbocycles. The Morgan fingerprint density at radius 1 is 1.17 bits per heavy atom. The number of nitrogens with zero attached hydrogens (tertiary/aromatic N) is 1. The number of anilines is 1. The van der Waals surface area contributed by atoms with Crippen LogP contribution in [-0.2, 0) is 13.1 Å². The van der Waals surface area contributed by atoms with Gasteiger partial charge in [-0.15, -0.1) is 11.3 Å². The molecule has 0 radical (unpaired) electrons. The Labute approximate surface area is 139 Å². The van der Waals surface area contributed by atoms with E-state index in [1.54, 1.807) is 28.8 Å². The largest absolute Gasteiger partial charge is 0.472 e. The van der Waals surface area contributed by atoms with E-state index in [2.05, 4.69) is 5.32 Å². The summed E-state index contributed by atoms with van der Waals surface area (Å²) in [6, 6.07) is 13.6. The Morgan fingerprint density at radius 3 is 2.74 bits per heavy atom. The zero-order chi connectivity index (χ0) is 16.1. The lowest BCUT2D eigenvalue weighted by molar-refractivity contribution is 0.207. The molecule has 0 aliphatic heterocycles. The molecule has 2 aromatic heterocycles. The number of thiophene rings is 1. The maximum Gasteiger partial charge on any atom is 0.322 e. The number of amides is 2. The van der Waals surface area contributed by atoms with Crippen LogP contribution in [-0.4, -0.2) is 10.9 Å². The maximum absolute atomic E-state index is 12.7. The lowest BCUT2D eigenvalue weighted by Crippen LogP contribution is -2.33. The number of carbonyl (C=O) groups excluding carboxylic acids is 1. The highest BCUT2D eigenvalue weighted by Gasteiger charge is 2.16. The third-order valence-corrected chi connectivity index (χ3v) is 4.42. The number of carbonyl (C=O) groups is 1. The van der Waals surface area contributed by atoms with Crippen LogP contribution in [0, 0.1) is 6.92 Å². The van der Waals surface area contributed by atoms with E-state index in [0.717, 1.165) is 21.7 Å². The Hall–Kier alpha value is -2.53. The first kappa shape index (κ1) is 15.4. The van der Waals surface area contributed by atoms with Crippen molar-refractivity contribution in [3.8, 4) is 0 Å². The van der Waals surface area contributed by atoms with Crippen LogP contribution >= 0.6 is 11.3 Å². The van der Waals surface area contributed by atoms with E-state index in [4.69, 9.17) is 4.42 Å². The van der Waals surface area contributed by atoms with Crippen LogP contribution < -0.4 is 5.32 Å². The topological polar surface area (TPSA) is 45.5 Å². The fraction of sp³-hybridized carbons (Fsp3) is 0.167. The summed E-state index contributed by atoms with van der Waals surface area (Å²) in [5, 5.41) is 5.01. The van der Waals surface area contributed by atoms with Gasteiger partial charge < -0.3 is 14.6 Å². The SMILES string of the molecule is Cc1ccccc1NC(=O)N(Cc1ccoc1)Cc1cccs1. The van der Waals surface area contributed by atoms with Gasteiger partial charge >= 0.3 is 6.03 Å². The molecule has 4 nitrogen and oxygen atoms in total. The molecule has 1 N–H and O–H groups in total. The number of rotatable bonds is 5. The summed E-state index contributed by atoms with van der Waals surface area (Å²) in [5.74, 6) is 0. The summed E-state index contributed by atoms with van der Waals surface area (Å²) in [5.41, 5.74) is 2.85. The molecule has 23 heavy (non-hydrogen) atoms. The van der Waals surface area contributed by atoms with Gasteiger partial charge in [-0.2, -0.15) is 0 Å². The van der Waals surface area contributed by atoms with Crippen molar-refractivity contribution < 1.29 is 9.21 Å². The summed E-state index contributed by atoms with van der Waals surface area (Å²) in [6.45, 7) is 3.06. The van der Waals surface area contributed by atoms with Gasteiger partial charge in [0.05, 0.1) is 25.6 Å². The fourth-order valence-electron chi connectivity index (χ4n) is 2.30. The molecule has 0 aliphatic carbocycles. The molecule has 0 bridgehead atoms. The van der Waals surface area contributed by atoms with Crippen molar-refractivity contribution in [2.45, 2.75) is 20.0 Å². The van der Waals surface area contributed by atoms with E-state index in [1.165, 1.54) is 0 Å². The fourth-order valence-corrected chi connectivity index (χ4v) is 3.02. The van der Waals surface area contributed by atoms with Gasteiger partial charge in [-0.05, 0) is 36.1 Å². The maximum atomic E-state index is 12.7. The molecule has 0 fully saturated rings. The Bertz CT molecular complexity index is 715. The Balaban J connectivity index is 1.76. The van der Waals surface area contributed by atoms with Crippen LogP contribution in [0.5, 0.6) is 0 Å². The van der Waals surface area contributed by atoms with E-state index in [9.17, 15) is 4.79 Å². The van der Waals surface area contributed by atoms with E-state index in [-0.39, 0.29) is 6.03 Å². The highest BCUT2D eigenvalue weighted by atomic mass is 32.1. The van der Waals surface area contributed by atoms with Gasteiger partial charge in [0, 0.05) is 16.1 Å². The molecule has 0 spiro atoms. The molecule has 5 heteroatoms. The highest BCUT2D eigenvalue weighted by Crippen LogP contribution is 2.18. The zero-order valence-corrected chi connectivity index (χ0v) is 13.7. The smallest absolute Gasteiger partial charge is 0.322 e. The van der Waals surface area contributed by atoms with Crippen molar-refractivity contribution in [2.75, 3.05) is 5.32 Å². The molecule has 0 atom stereocenters. The average molecular weight is 326 g/mol. The molecule has 118 valence electrons. The summed E-state index contributed by atoms with van der Waals surface area (Å²) in [4.78, 5) is 15.6. The van der Waals surface area contributed by atoms with Crippen LogP contribution in [0.25, 0.3) is 0 Å². The average Bonchev–Trinajstić information content (AvgIpc) is 3.22. The van der Waals surface area contributed by atoms with Gasteiger partial charge in [-0.3, -0.25) is 0 Å². The molecule has 0 aliphatic rings. The molecule has 3 aromatic rings. The van der Waals surface area contributed by atoms with E-state index >= 15 is 0 Å². The van der Waals surface area contributed by atoms with Gasteiger partial charge in [0.25, 0.3) is 0 Å². The van der Waals surface area contributed by atoms with Crippen molar-refractivity contribution in [1.82, 2.24) is 4.90 Å². The van der Waals surface area contributed by atoms with Crippen molar-refractivity contribution in [2.24, 2.45) is 0 Å². The number of urea groups is 1. The van der Waals surface area contributed by atoms with Crippen molar-refractivity contribution in [3.05, 3.63) is 76.4 Å². The molecule has 0 saturated heterocycles. The quantitative estimate of drug-likeness (QED) is 0.726. The van der Waals surface area contributed by atoms with Crippen LogP contribution in [0.2, 0.25) is 0 Å². The number of para-hydroxylation sites is 1. The van der Waals surface area contributed by atoms with Crippen LogP contribution in [0.3, 0.4) is 0 Å². The lowest BCUT2D eigenvalue weighted by atomic mass is 10.2. The van der Waals surface area contributed by atoms with E-state index in [0.29, 0.717) is 13.1 Å². The third-order valence-electron chi connectivity index (χ3n) is 3.55. The summed E-state index contributed by atoms with van der Waals surface area (Å²) in [6.07, 6.45) is 3.29. The van der Waals surface area contributed by atoms with Crippen LogP contribution in [0.1, 0.15) is 16.0 Å². The first-order valence-corrected chi connectivity index (χ1v) is 8.25. The minimum atomic E-state index is -0.117. The summed E-state index contributed by atoms with van der Waals surface area (Å²) < 4.78 is 5.11. The number of hydrogen-bond acceptors (Lipinski definition) is 3. The first-order valence-electron chi connectivity index (χ1n) is 7.37.